The fraction of sp³-hybridized carbons (Fsp3) is 0.0385. The summed E-state index contributed by atoms with van der Waals surface area (Å²) in [5.74, 6) is -0.535. The average molecular weight is 474 g/mol. The SMILES string of the molecule is [C-]#[N+]c1cnn(-c2ncccn2)c1N=Nc1c(O)c(C(=O)Nc2ccc(C)cc2)cc2ccccc12. The van der Waals surface area contributed by atoms with Gasteiger partial charge in [-0.1, -0.05) is 42.0 Å². The third-order valence-electron chi connectivity index (χ3n) is 5.38. The zero-order valence-corrected chi connectivity index (χ0v) is 19.0. The fourth-order valence-corrected chi connectivity index (χ4v) is 3.58. The Hall–Kier alpha value is -5.43. The van der Waals surface area contributed by atoms with Gasteiger partial charge in [0.15, 0.2) is 11.6 Å². The second-order valence-electron chi connectivity index (χ2n) is 7.79. The lowest BCUT2D eigenvalue weighted by molar-refractivity contribution is 0.102. The number of rotatable bonds is 5. The molecule has 10 heteroatoms. The van der Waals surface area contributed by atoms with Crippen LogP contribution in [0.2, 0.25) is 0 Å². The summed E-state index contributed by atoms with van der Waals surface area (Å²) < 4.78 is 1.28. The van der Waals surface area contributed by atoms with Gasteiger partial charge in [0.1, 0.15) is 5.69 Å². The van der Waals surface area contributed by atoms with Crippen molar-refractivity contribution in [2.24, 2.45) is 10.2 Å². The lowest BCUT2D eigenvalue weighted by Crippen LogP contribution is -2.12. The van der Waals surface area contributed by atoms with Crippen LogP contribution in [-0.2, 0) is 0 Å². The average Bonchev–Trinajstić information content (AvgIpc) is 3.32. The van der Waals surface area contributed by atoms with Crippen LogP contribution in [0.1, 0.15) is 15.9 Å². The maximum Gasteiger partial charge on any atom is 0.259 e. The van der Waals surface area contributed by atoms with Crippen LogP contribution in [-0.4, -0.2) is 30.8 Å². The molecule has 0 aliphatic heterocycles. The van der Waals surface area contributed by atoms with Gasteiger partial charge < -0.3 is 10.4 Å². The van der Waals surface area contributed by atoms with Crippen LogP contribution in [0.15, 0.2) is 89.5 Å². The van der Waals surface area contributed by atoms with Gasteiger partial charge in [-0.15, -0.1) is 10.2 Å². The molecule has 0 saturated carbocycles. The highest BCUT2D eigenvalue weighted by Gasteiger charge is 2.20. The van der Waals surface area contributed by atoms with E-state index in [0.29, 0.717) is 16.5 Å². The second-order valence-corrected chi connectivity index (χ2v) is 7.79. The van der Waals surface area contributed by atoms with Crippen LogP contribution >= 0.6 is 0 Å². The highest BCUT2D eigenvalue weighted by molar-refractivity contribution is 6.11. The Morgan fingerprint density at radius 1 is 1.06 bits per heavy atom. The summed E-state index contributed by atoms with van der Waals surface area (Å²) in [5.41, 5.74) is 1.90. The summed E-state index contributed by atoms with van der Waals surface area (Å²) in [6.07, 6.45) is 4.41. The molecule has 174 valence electrons. The number of fused-ring (bicyclic) bond motifs is 1. The van der Waals surface area contributed by atoms with Crippen molar-refractivity contribution in [1.82, 2.24) is 19.7 Å². The first-order valence-electron chi connectivity index (χ1n) is 10.8. The van der Waals surface area contributed by atoms with E-state index in [0.717, 1.165) is 5.56 Å². The molecule has 5 rings (SSSR count). The van der Waals surface area contributed by atoms with Gasteiger partial charge in [-0.3, -0.25) is 4.79 Å². The fourth-order valence-electron chi connectivity index (χ4n) is 3.58. The Balaban J connectivity index is 1.60. The Morgan fingerprint density at radius 2 is 1.81 bits per heavy atom. The summed E-state index contributed by atoms with van der Waals surface area (Å²) in [6, 6.07) is 17.8. The number of amides is 1. The molecule has 10 nitrogen and oxygen atoms in total. The van der Waals surface area contributed by atoms with Gasteiger partial charge >= 0.3 is 0 Å². The molecule has 0 aliphatic rings. The molecule has 2 aromatic heterocycles. The van der Waals surface area contributed by atoms with Crippen LogP contribution in [0.4, 0.5) is 22.9 Å². The van der Waals surface area contributed by atoms with E-state index in [1.54, 1.807) is 36.4 Å². The maximum atomic E-state index is 13.1. The largest absolute Gasteiger partial charge is 0.505 e. The van der Waals surface area contributed by atoms with Gasteiger partial charge in [-0.2, -0.15) is 9.78 Å². The van der Waals surface area contributed by atoms with Crippen LogP contribution in [0.25, 0.3) is 21.6 Å². The number of hydrogen-bond acceptors (Lipinski definition) is 7. The first kappa shape index (κ1) is 22.4. The normalized spacial score (nSPS) is 11.0. The summed E-state index contributed by atoms with van der Waals surface area (Å²) in [5, 5.41) is 27.8. The zero-order chi connectivity index (χ0) is 25.1. The Kier molecular flexibility index (Phi) is 5.86. The highest BCUT2D eigenvalue weighted by Crippen LogP contribution is 2.40. The van der Waals surface area contributed by atoms with Crippen molar-refractivity contribution in [3.8, 4) is 11.7 Å². The number of nitrogens with zero attached hydrogens (tertiary/aromatic N) is 7. The van der Waals surface area contributed by atoms with Crippen molar-refractivity contribution >= 4 is 39.6 Å². The molecular formula is C26H18N8O2. The minimum Gasteiger partial charge on any atom is -0.505 e. The molecule has 0 aliphatic carbocycles. The molecule has 0 spiro atoms. The molecule has 0 saturated heterocycles. The van der Waals surface area contributed by atoms with Gasteiger partial charge in [0, 0.05) is 23.5 Å². The number of hydrogen-bond donors (Lipinski definition) is 2. The summed E-state index contributed by atoms with van der Waals surface area (Å²) in [4.78, 5) is 24.8. The topological polar surface area (TPSA) is 122 Å². The molecule has 0 bridgehead atoms. The van der Waals surface area contributed by atoms with Crippen molar-refractivity contribution in [3.05, 3.63) is 102 Å². The number of phenols is 1. The molecule has 0 fully saturated rings. The smallest absolute Gasteiger partial charge is 0.259 e. The maximum absolute atomic E-state index is 13.1. The third-order valence-corrected chi connectivity index (χ3v) is 5.38. The van der Waals surface area contributed by atoms with Crippen LogP contribution in [0.3, 0.4) is 0 Å². The molecule has 0 atom stereocenters. The first-order valence-corrected chi connectivity index (χ1v) is 10.8. The number of aryl methyl sites for hydroxylation is 1. The molecule has 1 amide bonds. The van der Waals surface area contributed by atoms with Crippen molar-refractivity contribution in [3.63, 3.8) is 0 Å². The van der Waals surface area contributed by atoms with E-state index in [2.05, 4.69) is 35.5 Å². The summed E-state index contributed by atoms with van der Waals surface area (Å²) in [7, 11) is 0. The van der Waals surface area contributed by atoms with E-state index in [1.807, 2.05) is 31.2 Å². The van der Waals surface area contributed by atoms with Gasteiger partial charge in [-0.05, 0) is 36.6 Å². The van der Waals surface area contributed by atoms with Crippen LogP contribution < -0.4 is 5.32 Å². The molecule has 0 unspecified atom stereocenters. The molecular weight excluding hydrogens is 456 g/mol. The Bertz CT molecular complexity index is 1650. The number of phenolic OH excluding ortho intramolecular Hbond substituents is 1. The number of carbonyl (C=O) groups excluding carboxylic acids is 1. The van der Waals surface area contributed by atoms with E-state index >= 15 is 0 Å². The minimum absolute atomic E-state index is 0.0357. The highest BCUT2D eigenvalue weighted by atomic mass is 16.3. The van der Waals surface area contributed by atoms with Crippen LogP contribution in [0.5, 0.6) is 5.75 Å². The molecule has 2 N–H and O–H groups in total. The monoisotopic (exact) mass is 474 g/mol. The van der Waals surface area contributed by atoms with Crippen molar-refractivity contribution in [1.29, 1.82) is 0 Å². The number of carbonyl (C=O) groups is 1. The van der Waals surface area contributed by atoms with Crippen molar-refractivity contribution in [2.75, 3.05) is 5.32 Å². The molecule has 2 heterocycles. The lowest BCUT2D eigenvalue weighted by atomic mass is 10.0. The Labute approximate surface area is 205 Å². The van der Waals surface area contributed by atoms with E-state index in [-0.39, 0.29) is 34.5 Å². The molecule has 3 aromatic carbocycles. The lowest BCUT2D eigenvalue weighted by Gasteiger charge is -2.11. The predicted molar refractivity (Wildman–Crippen MR) is 134 cm³/mol. The predicted octanol–water partition coefficient (Wildman–Crippen LogP) is 6.05. The first-order chi connectivity index (χ1) is 17.5. The van der Waals surface area contributed by atoms with Gasteiger partial charge in [0.25, 0.3) is 17.5 Å². The van der Waals surface area contributed by atoms with Gasteiger partial charge in [0.2, 0.25) is 0 Å². The summed E-state index contributed by atoms with van der Waals surface area (Å²) >= 11 is 0. The van der Waals surface area contributed by atoms with E-state index < -0.39 is 5.91 Å². The van der Waals surface area contributed by atoms with Gasteiger partial charge in [0.05, 0.1) is 18.3 Å². The van der Waals surface area contributed by atoms with E-state index in [1.165, 1.54) is 23.3 Å². The number of aromatic hydroxyl groups is 1. The van der Waals surface area contributed by atoms with Crippen LogP contribution in [0, 0.1) is 13.5 Å². The molecule has 0 radical (unpaired) electrons. The third kappa shape index (κ3) is 4.24. The van der Waals surface area contributed by atoms with Gasteiger partial charge in [-0.25, -0.2) is 14.8 Å². The van der Waals surface area contributed by atoms with E-state index in [9.17, 15) is 9.90 Å². The number of aromatic nitrogens is 4. The Morgan fingerprint density at radius 3 is 2.56 bits per heavy atom. The summed E-state index contributed by atoms with van der Waals surface area (Å²) in [6.45, 7) is 9.41. The standard InChI is InChI=1S/C26H18N8O2/c1-16-8-10-18(11-9-16)31-25(36)20-14-17-6-3-4-7-19(17)22(23(20)35)32-33-24-21(27-2)15-30-34(24)26-28-12-5-13-29-26/h3-15,35H,1H3,(H,31,36). The molecule has 36 heavy (non-hydrogen) atoms. The van der Waals surface area contributed by atoms with Crippen molar-refractivity contribution in [2.45, 2.75) is 6.92 Å². The number of benzene rings is 3. The zero-order valence-electron chi connectivity index (χ0n) is 19.0. The van der Waals surface area contributed by atoms with E-state index in [4.69, 9.17) is 6.57 Å². The molecule has 5 aromatic rings. The quantitative estimate of drug-likeness (QED) is 0.237. The second kappa shape index (κ2) is 9.44. The number of anilines is 1. The number of azo groups is 1. The number of nitrogens with one attached hydrogen (secondary N) is 1. The minimum atomic E-state index is -0.497. The van der Waals surface area contributed by atoms with Crippen molar-refractivity contribution < 1.29 is 9.90 Å².